The molecule has 0 spiro atoms. The fraction of sp³-hybridized carbons (Fsp3) is 0.444. The third-order valence-corrected chi connectivity index (χ3v) is 5.75. The number of rotatable bonds is 3. The molecule has 0 saturated carbocycles. The quantitative estimate of drug-likeness (QED) is 0.733. The number of nitrogens with zero attached hydrogens (tertiary/aromatic N) is 4. The zero-order valence-corrected chi connectivity index (χ0v) is 14.9. The standard InChI is InChI=1S/C18H22N4OS/c1-13-3-4-14(2)22(13)16-5-7-20(8-6-16)17(23)11-15-12-21-9-10-24-18(21)19-15/h3-4,9-10,12,16H,5-8,11H2,1-2H3. The highest BCUT2D eigenvalue weighted by molar-refractivity contribution is 7.15. The summed E-state index contributed by atoms with van der Waals surface area (Å²) in [6.45, 7) is 6.00. The van der Waals surface area contributed by atoms with E-state index in [0.717, 1.165) is 36.6 Å². The molecule has 0 aromatic carbocycles. The van der Waals surface area contributed by atoms with E-state index in [9.17, 15) is 4.79 Å². The summed E-state index contributed by atoms with van der Waals surface area (Å²) in [6.07, 6.45) is 6.40. The minimum absolute atomic E-state index is 0.195. The van der Waals surface area contributed by atoms with Gasteiger partial charge in [0.15, 0.2) is 4.96 Å². The van der Waals surface area contributed by atoms with Gasteiger partial charge in [0.25, 0.3) is 0 Å². The highest BCUT2D eigenvalue weighted by Gasteiger charge is 2.25. The number of thiazole rings is 1. The van der Waals surface area contributed by atoms with E-state index in [-0.39, 0.29) is 5.91 Å². The molecule has 1 fully saturated rings. The van der Waals surface area contributed by atoms with Gasteiger partial charge in [0.1, 0.15) is 0 Å². The van der Waals surface area contributed by atoms with Gasteiger partial charge >= 0.3 is 0 Å². The average Bonchev–Trinajstić information content (AvgIpc) is 3.23. The van der Waals surface area contributed by atoms with Crippen LogP contribution >= 0.6 is 11.3 Å². The molecule has 0 N–H and O–H groups in total. The fourth-order valence-corrected chi connectivity index (χ4v) is 4.48. The Morgan fingerprint density at radius 2 is 1.96 bits per heavy atom. The van der Waals surface area contributed by atoms with Crippen molar-refractivity contribution in [3.8, 4) is 0 Å². The Kier molecular flexibility index (Phi) is 3.92. The number of imidazole rings is 1. The maximum absolute atomic E-state index is 12.6. The van der Waals surface area contributed by atoms with Crippen LogP contribution < -0.4 is 0 Å². The molecule has 0 atom stereocenters. The molecule has 1 saturated heterocycles. The van der Waals surface area contributed by atoms with Crippen molar-refractivity contribution in [2.24, 2.45) is 0 Å². The second kappa shape index (κ2) is 6.09. The number of aryl methyl sites for hydroxylation is 2. The first-order chi connectivity index (χ1) is 11.6. The highest BCUT2D eigenvalue weighted by Crippen LogP contribution is 2.26. The molecule has 6 heteroatoms. The first-order valence-corrected chi connectivity index (χ1v) is 9.33. The topological polar surface area (TPSA) is 42.5 Å². The lowest BCUT2D eigenvalue weighted by atomic mass is 10.0. The summed E-state index contributed by atoms with van der Waals surface area (Å²) < 4.78 is 4.41. The van der Waals surface area contributed by atoms with Crippen LogP contribution in [0.1, 0.15) is 36.0 Å². The van der Waals surface area contributed by atoms with Crippen molar-refractivity contribution in [1.29, 1.82) is 0 Å². The molecule has 1 aliphatic rings. The molecule has 0 radical (unpaired) electrons. The van der Waals surface area contributed by atoms with E-state index in [1.807, 2.05) is 27.1 Å². The summed E-state index contributed by atoms with van der Waals surface area (Å²) in [4.78, 5) is 20.0. The molecule has 4 rings (SSSR count). The largest absolute Gasteiger partial charge is 0.346 e. The smallest absolute Gasteiger partial charge is 0.228 e. The molecule has 24 heavy (non-hydrogen) atoms. The van der Waals surface area contributed by atoms with Crippen LogP contribution in [0.4, 0.5) is 0 Å². The summed E-state index contributed by atoms with van der Waals surface area (Å²) in [5, 5.41) is 2.00. The second-order valence-corrected chi connectivity index (χ2v) is 7.47. The Morgan fingerprint density at radius 1 is 1.25 bits per heavy atom. The molecule has 0 aliphatic carbocycles. The summed E-state index contributed by atoms with van der Waals surface area (Å²) in [5.41, 5.74) is 3.50. The number of piperidine rings is 1. The summed E-state index contributed by atoms with van der Waals surface area (Å²) in [6, 6.07) is 4.87. The van der Waals surface area contributed by atoms with E-state index in [1.54, 1.807) is 11.3 Å². The SMILES string of the molecule is Cc1ccc(C)n1C1CCN(C(=O)Cc2cn3ccsc3n2)CC1. The van der Waals surface area contributed by atoms with Crippen molar-refractivity contribution in [3.05, 3.63) is 47.0 Å². The number of hydrogen-bond donors (Lipinski definition) is 0. The van der Waals surface area contributed by atoms with Crippen LogP contribution in [0.2, 0.25) is 0 Å². The number of carbonyl (C=O) groups excluding carboxylic acids is 1. The molecule has 3 aromatic heterocycles. The predicted molar refractivity (Wildman–Crippen MR) is 95.5 cm³/mol. The van der Waals surface area contributed by atoms with Crippen LogP contribution in [0, 0.1) is 13.8 Å². The van der Waals surface area contributed by atoms with E-state index in [4.69, 9.17) is 0 Å². The van der Waals surface area contributed by atoms with Crippen molar-refractivity contribution in [2.75, 3.05) is 13.1 Å². The molecule has 4 heterocycles. The zero-order chi connectivity index (χ0) is 16.7. The lowest BCUT2D eigenvalue weighted by Crippen LogP contribution is -2.40. The van der Waals surface area contributed by atoms with Gasteiger partial charge in [0.2, 0.25) is 5.91 Å². The predicted octanol–water partition coefficient (Wildman–Crippen LogP) is 3.22. The van der Waals surface area contributed by atoms with Crippen LogP contribution in [0.5, 0.6) is 0 Å². The molecular formula is C18H22N4OS. The monoisotopic (exact) mass is 342 g/mol. The zero-order valence-electron chi connectivity index (χ0n) is 14.1. The van der Waals surface area contributed by atoms with E-state index < -0.39 is 0 Å². The summed E-state index contributed by atoms with van der Waals surface area (Å²) in [5.74, 6) is 0.195. The van der Waals surface area contributed by atoms with Gasteiger partial charge in [-0.15, -0.1) is 11.3 Å². The van der Waals surface area contributed by atoms with Crippen molar-refractivity contribution in [1.82, 2.24) is 18.9 Å². The highest BCUT2D eigenvalue weighted by atomic mass is 32.1. The van der Waals surface area contributed by atoms with Crippen LogP contribution in [-0.2, 0) is 11.2 Å². The first kappa shape index (κ1) is 15.4. The van der Waals surface area contributed by atoms with Crippen molar-refractivity contribution < 1.29 is 4.79 Å². The van der Waals surface area contributed by atoms with Crippen molar-refractivity contribution in [3.63, 3.8) is 0 Å². The molecule has 3 aromatic rings. The van der Waals surface area contributed by atoms with Gasteiger partial charge in [0.05, 0.1) is 12.1 Å². The van der Waals surface area contributed by atoms with E-state index in [2.05, 4.69) is 35.5 Å². The van der Waals surface area contributed by atoms with Gasteiger partial charge in [-0.25, -0.2) is 4.98 Å². The van der Waals surface area contributed by atoms with Gasteiger partial charge in [-0.2, -0.15) is 0 Å². The van der Waals surface area contributed by atoms with Gasteiger partial charge in [0, 0.05) is 48.3 Å². The molecule has 1 aliphatic heterocycles. The second-order valence-electron chi connectivity index (χ2n) is 6.60. The normalized spacial score (nSPS) is 16.2. The van der Waals surface area contributed by atoms with E-state index in [0.29, 0.717) is 12.5 Å². The maximum atomic E-state index is 12.6. The number of carbonyl (C=O) groups is 1. The first-order valence-electron chi connectivity index (χ1n) is 8.45. The third kappa shape index (κ3) is 2.75. The van der Waals surface area contributed by atoms with Crippen LogP contribution in [-0.4, -0.2) is 37.8 Å². The van der Waals surface area contributed by atoms with Gasteiger partial charge in [-0.1, -0.05) is 0 Å². The third-order valence-electron chi connectivity index (χ3n) is 4.98. The van der Waals surface area contributed by atoms with Crippen molar-refractivity contribution >= 4 is 22.2 Å². The van der Waals surface area contributed by atoms with Crippen LogP contribution in [0.25, 0.3) is 4.96 Å². The minimum Gasteiger partial charge on any atom is -0.346 e. The van der Waals surface area contributed by atoms with Crippen molar-refractivity contribution in [2.45, 2.75) is 39.2 Å². The number of fused-ring (bicyclic) bond motifs is 1. The van der Waals surface area contributed by atoms with E-state index in [1.165, 1.54) is 11.4 Å². The molecule has 0 bridgehead atoms. The molecule has 1 amide bonds. The Bertz CT molecular complexity index is 819. The summed E-state index contributed by atoms with van der Waals surface area (Å²) >= 11 is 1.60. The van der Waals surface area contributed by atoms with Gasteiger partial charge in [-0.05, 0) is 38.8 Å². The van der Waals surface area contributed by atoms with E-state index >= 15 is 0 Å². The molecule has 0 unspecified atom stereocenters. The van der Waals surface area contributed by atoms with Gasteiger partial charge in [-0.3, -0.25) is 9.20 Å². The Morgan fingerprint density at radius 3 is 2.62 bits per heavy atom. The lowest BCUT2D eigenvalue weighted by Gasteiger charge is -2.34. The fourth-order valence-electron chi connectivity index (χ4n) is 3.76. The lowest BCUT2D eigenvalue weighted by molar-refractivity contribution is -0.131. The number of hydrogen-bond acceptors (Lipinski definition) is 3. The number of aromatic nitrogens is 3. The molecular weight excluding hydrogens is 320 g/mol. The van der Waals surface area contributed by atoms with Crippen LogP contribution in [0.3, 0.4) is 0 Å². The maximum Gasteiger partial charge on any atom is 0.228 e. The Labute approximate surface area is 145 Å². The Hall–Kier alpha value is -2.08. The van der Waals surface area contributed by atoms with Gasteiger partial charge < -0.3 is 9.47 Å². The number of likely N-dealkylation sites (tertiary alicyclic amines) is 1. The molecule has 5 nitrogen and oxygen atoms in total. The number of amides is 1. The Balaban J connectivity index is 1.38. The minimum atomic E-state index is 0.195. The van der Waals surface area contributed by atoms with Crippen LogP contribution in [0.15, 0.2) is 29.9 Å². The average molecular weight is 342 g/mol. The molecule has 126 valence electrons. The summed E-state index contributed by atoms with van der Waals surface area (Å²) in [7, 11) is 0.